The van der Waals surface area contributed by atoms with E-state index in [0.717, 1.165) is 34.6 Å². The maximum Gasteiger partial charge on any atom is 0.364 e. The Morgan fingerprint density at radius 2 is 0.627 bits per heavy atom. The van der Waals surface area contributed by atoms with Crippen LogP contribution in [0.4, 0.5) is 0 Å². The monoisotopic (exact) mass is 2080 g/mol. The molecule has 0 radical (unpaired) electrons. The molecule has 11 rings (SSSR count). The fraction of sp³-hybridized carbons (Fsp3) is 0.924. The highest BCUT2D eigenvalue weighted by atomic mass is 16.8. The number of carbonyl (C=O) groups excluding carboxylic acids is 5. The molecular formula is C79H131N5O58. The molecule has 63 heteroatoms. The first-order valence-electron chi connectivity index (χ1n) is 45.1. The summed E-state index contributed by atoms with van der Waals surface area (Å²) in [6, 6.07) is -10.1. The van der Waals surface area contributed by atoms with Crippen molar-refractivity contribution in [3.8, 4) is 0 Å². The van der Waals surface area contributed by atoms with E-state index in [9.17, 15) is 187 Å². The first-order valence-corrected chi connectivity index (χ1v) is 45.1. The summed E-state index contributed by atoms with van der Waals surface area (Å²) in [5, 5.41) is 363. The lowest BCUT2D eigenvalue weighted by Gasteiger charge is -2.52. The Bertz CT molecular complexity index is 4010. The molecule has 0 spiro atoms. The van der Waals surface area contributed by atoms with E-state index in [1.807, 2.05) is 0 Å². The van der Waals surface area contributed by atoms with Gasteiger partial charge in [-0.25, -0.2) is 4.79 Å². The molecule has 11 heterocycles. The molecule has 11 fully saturated rings. The van der Waals surface area contributed by atoms with Crippen molar-refractivity contribution in [2.24, 2.45) is 0 Å². The highest BCUT2D eigenvalue weighted by Gasteiger charge is 2.65. The number of aliphatic carboxylic acids is 1. The molecule has 0 saturated carbocycles. The van der Waals surface area contributed by atoms with Gasteiger partial charge in [-0.3, -0.25) is 24.0 Å². The maximum atomic E-state index is 13.5. The number of nitrogens with one attached hydrogen (secondary N) is 5. The first kappa shape index (κ1) is 117. The fourth-order valence-corrected chi connectivity index (χ4v) is 18.4. The van der Waals surface area contributed by atoms with Gasteiger partial charge in [0.1, 0.15) is 256 Å². The normalized spacial score (nSPS) is 48.0. The molecule has 0 aromatic carbocycles. The molecule has 36 N–H and O–H groups in total. The van der Waals surface area contributed by atoms with Gasteiger partial charge in [-0.05, 0) is 6.92 Å². The number of aliphatic hydroxyl groups is 30. The van der Waals surface area contributed by atoms with Crippen LogP contribution in [0.15, 0.2) is 0 Å². The number of ether oxygens (including phenoxy) is 21. The summed E-state index contributed by atoms with van der Waals surface area (Å²) in [6.45, 7) is -6.62. The molecule has 820 valence electrons. The lowest BCUT2D eigenvalue weighted by atomic mass is 9.88. The van der Waals surface area contributed by atoms with E-state index >= 15 is 0 Å². The van der Waals surface area contributed by atoms with Crippen molar-refractivity contribution < 1.29 is 287 Å². The number of aliphatic hydroxyl groups excluding tert-OH is 30. The summed E-state index contributed by atoms with van der Waals surface area (Å²) in [4.78, 5) is 78.5. The average molecular weight is 2080 g/mol. The largest absolute Gasteiger partial charge is 0.477 e. The van der Waals surface area contributed by atoms with Gasteiger partial charge in [0.15, 0.2) is 62.9 Å². The number of hydrogen-bond donors (Lipinski definition) is 36. The summed E-state index contributed by atoms with van der Waals surface area (Å²) < 4.78 is 127. The summed E-state index contributed by atoms with van der Waals surface area (Å²) in [5.41, 5.74) is 0. The van der Waals surface area contributed by atoms with Gasteiger partial charge in [0.2, 0.25) is 29.5 Å². The molecule has 11 saturated heterocycles. The van der Waals surface area contributed by atoms with Crippen LogP contribution >= 0.6 is 0 Å². The molecule has 11 aliphatic rings. The van der Waals surface area contributed by atoms with Gasteiger partial charge in [-0.2, -0.15) is 0 Å². The lowest BCUT2D eigenvalue weighted by Crippen LogP contribution is -2.72. The topological polar surface area (TPSA) is 984 Å². The summed E-state index contributed by atoms with van der Waals surface area (Å²) in [7, 11) is 0. The lowest BCUT2D eigenvalue weighted by molar-refractivity contribution is -0.409. The number of rotatable bonds is 38. The standard InChI is InChI=1S/C79H131N5O58/c1-18-40(100)51(111)54(114)72(124-18)122-16-33-61(48(108)36(68(119)125-33)81-20(3)94)134-70-38(83-22(5)96)49(109)60(31(14-91)131-70)136-76-58(118)66(62(137-69-37(82-21(4)95)47(107)42(102)26(9-86)126-69)34(133-76)17-123-73-56(116)64(45(105)29(12-89)127-73)138-74-55(115)52(112)43(103)27(10-87)128-74)139-77-67(53(113)44(104)28(11-88)130-77)140-71-39(84-23(6)97)50(110)59(32(15-92)132-71)135-75-57(117)65(46(106)30(13-90)129-75)142-79(78(120)121)7-24(98)35(80-19(2)93)63(141-79)41(101)25(99)8-85/h18,24-77,85-92,98-119H,7-17H2,1-6H3,(H,80,93)(H,81,94)(H,82,95)(H,83,96)(H,84,97)(H,120,121)/t18-,24-,25+,26+,27+,28+,29+,30+,31+,32+,33+,34+,35+,36+,37+,38+,39+,40+,41+,42+,43+,44+,45+,46-,47+,48+,49+,50+,51+,52-,53-,54-,55-,56-,57+,58-,59+,60+,61+,62+,63+,64-,65-,66+,67-,68+,69-,70-,71-,72+,73-,74+,75-,76-,77+,79-/m0/s1. The minimum absolute atomic E-state index is 0.823. The third-order valence-corrected chi connectivity index (χ3v) is 25.9. The zero-order chi connectivity index (χ0) is 105. The van der Waals surface area contributed by atoms with Crippen LogP contribution in [0.3, 0.4) is 0 Å². The molecule has 142 heavy (non-hydrogen) atoms. The smallest absolute Gasteiger partial charge is 0.364 e. The molecule has 0 unspecified atom stereocenters. The van der Waals surface area contributed by atoms with E-state index in [-0.39, 0.29) is 0 Å². The van der Waals surface area contributed by atoms with Crippen molar-refractivity contribution in [2.45, 2.75) is 391 Å². The Kier molecular flexibility index (Phi) is 41.7. The van der Waals surface area contributed by atoms with Crippen molar-refractivity contribution in [3.63, 3.8) is 0 Å². The van der Waals surface area contributed by atoms with Crippen molar-refractivity contribution in [2.75, 3.05) is 66.1 Å². The van der Waals surface area contributed by atoms with Crippen molar-refractivity contribution >= 4 is 35.5 Å². The Morgan fingerprint density at radius 1 is 0.303 bits per heavy atom. The Labute approximate surface area is 803 Å². The van der Waals surface area contributed by atoms with Gasteiger partial charge >= 0.3 is 5.97 Å². The van der Waals surface area contributed by atoms with E-state index in [2.05, 4.69) is 26.6 Å². The molecule has 56 atom stereocenters. The van der Waals surface area contributed by atoms with Crippen LogP contribution < -0.4 is 26.6 Å². The summed E-state index contributed by atoms with van der Waals surface area (Å²) >= 11 is 0. The minimum Gasteiger partial charge on any atom is -0.477 e. The van der Waals surface area contributed by atoms with Crippen LogP contribution in [0.2, 0.25) is 0 Å². The fourth-order valence-electron chi connectivity index (χ4n) is 18.4. The first-order chi connectivity index (χ1) is 67.0. The number of carboxylic acid groups (broad SMARTS) is 1. The van der Waals surface area contributed by atoms with Crippen molar-refractivity contribution in [3.05, 3.63) is 0 Å². The van der Waals surface area contributed by atoms with Crippen LogP contribution in [0, 0.1) is 0 Å². The van der Waals surface area contributed by atoms with Gasteiger partial charge in [-0.1, -0.05) is 0 Å². The van der Waals surface area contributed by atoms with Gasteiger partial charge in [0.05, 0.1) is 84.3 Å². The number of carbonyl (C=O) groups is 6. The van der Waals surface area contributed by atoms with Gasteiger partial charge < -0.3 is 284 Å². The predicted molar refractivity (Wildman–Crippen MR) is 436 cm³/mol. The maximum absolute atomic E-state index is 13.5. The molecular weight excluding hydrogens is 1950 g/mol. The van der Waals surface area contributed by atoms with E-state index < -0.39 is 451 Å². The minimum atomic E-state index is -3.37. The second kappa shape index (κ2) is 50.6. The third kappa shape index (κ3) is 25.8. The highest BCUT2D eigenvalue weighted by molar-refractivity contribution is 5.77. The molecule has 0 aromatic rings. The Morgan fingerprint density at radius 3 is 1.11 bits per heavy atom. The van der Waals surface area contributed by atoms with Crippen LogP contribution in [0.1, 0.15) is 48.0 Å². The molecule has 63 nitrogen and oxygen atoms in total. The number of carboxylic acids is 1. The van der Waals surface area contributed by atoms with E-state index in [1.54, 1.807) is 0 Å². The summed E-state index contributed by atoms with van der Waals surface area (Å²) in [6.07, 6.45) is -114. The number of amides is 5. The summed E-state index contributed by atoms with van der Waals surface area (Å²) in [5.74, 6) is -10.6. The van der Waals surface area contributed by atoms with Crippen LogP contribution in [0.25, 0.3) is 0 Å². The second-order valence-corrected chi connectivity index (χ2v) is 36.0. The van der Waals surface area contributed by atoms with Crippen LogP contribution in [-0.4, -0.2) is 603 Å². The third-order valence-electron chi connectivity index (χ3n) is 25.9. The van der Waals surface area contributed by atoms with Gasteiger partial charge in [0, 0.05) is 41.0 Å². The molecule has 11 aliphatic heterocycles. The number of hydrogen-bond acceptors (Lipinski definition) is 57. The quantitative estimate of drug-likeness (QED) is 0.0273. The molecule has 5 amide bonds. The molecule has 0 aliphatic carbocycles. The molecule has 0 bridgehead atoms. The van der Waals surface area contributed by atoms with E-state index in [0.29, 0.717) is 0 Å². The van der Waals surface area contributed by atoms with Crippen LogP contribution in [-0.2, 0) is 128 Å². The molecule has 0 aromatic heterocycles. The average Bonchev–Trinajstić information content (AvgIpc) is 0.750. The van der Waals surface area contributed by atoms with Crippen molar-refractivity contribution in [1.82, 2.24) is 26.6 Å². The van der Waals surface area contributed by atoms with Crippen molar-refractivity contribution in [1.29, 1.82) is 0 Å². The SMILES string of the molecule is CC(=O)N[C@@H]1[C@@H](O)[C@H](O[C@@H]2O[C@H](CO)[C@@H](O[C@@H]3O[C@H](CO[C@H]4O[C@H](CO)[C@@H](O)[C@H](O[C@H]5O[C@H](CO)[C@@H](O)[C@H](O)[C@@H]5O)[C@@H]4O)[C@@H](O[C@@H]4O[C@H](CO)[C@@H](O)[C@H](O)[C@H]4NC(C)=O)[C@H](O[C@H]4O[C@H](CO)[C@@H](O)[C@H](O)[C@@H]4O[C@@H]4O[C@H](CO)[C@@H](O[C@@H]5O[C@H](CO)[C@H](O)[C@H](O[C@]6(C(=O)O)C[C@H](O)[C@@H](NC(C)=O)[C@H]([C@H](O)[C@H](O)CO)O6)[C@H]5O)[C@H](O)[C@H]4NC(C)=O)[C@@H]3O)[C@H](O)[C@H]2NC(C)=O)[C@@H](CO[C@@H]2O[C@@H](C)[C@@H](O)[C@@H](O)[C@@H]2O)O[C@H]1O. The Balaban J connectivity index is 0.982. The zero-order valence-corrected chi connectivity index (χ0v) is 76.4. The van der Waals surface area contributed by atoms with E-state index in [1.165, 1.54) is 6.92 Å². The van der Waals surface area contributed by atoms with Gasteiger partial charge in [0.25, 0.3) is 5.79 Å². The predicted octanol–water partition coefficient (Wildman–Crippen LogP) is -24.0. The second-order valence-electron chi connectivity index (χ2n) is 36.0. The van der Waals surface area contributed by atoms with E-state index in [4.69, 9.17) is 99.5 Å². The zero-order valence-electron chi connectivity index (χ0n) is 76.4. The van der Waals surface area contributed by atoms with Gasteiger partial charge in [-0.15, -0.1) is 0 Å². The highest BCUT2D eigenvalue weighted by Crippen LogP contribution is 2.44. The van der Waals surface area contributed by atoms with Crippen LogP contribution in [0.5, 0.6) is 0 Å². The Hall–Kier alpha value is -5.22.